The first kappa shape index (κ1) is 18.3. The van der Waals surface area contributed by atoms with Crippen LogP contribution in [0.2, 0.25) is 0 Å². The Morgan fingerprint density at radius 2 is 2.10 bits per heavy atom. The van der Waals surface area contributed by atoms with Gasteiger partial charge in [0.2, 0.25) is 5.82 Å². The zero-order chi connectivity index (χ0) is 21.3. The van der Waals surface area contributed by atoms with Crippen LogP contribution in [0.5, 0.6) is 0 Å². The largest absolute Gasteiger partial charge is 0.410 e. The second kappa shape index (κ2) is 6.26. The first-order valence-corrected chi connectivity index (χ1v) is 10.3. The maximum absolute atomic E-state index is 13.9. The molecule has 6 rings (SSSR count). The van der Waals surface area contributed by atoms with Gasteiger partial charge in [-0.15, -0.1) is 16.4 Å². The second-order valence-electron chi connectivity index (χ2n) is 7.32. The molecule has 0 saturated heterocycles. The van der Waals surface area contributed by atoms with Gasteiger partial charge in [0.05, 0.1) is 17.6 Å². The molecule has 1 aliphatic rings. The van der Waals surface area contributed by atoms with Crippen LogP contribution in [0.4, 0.5) is 19.0 Å². The molecule has 2 atom stereocenters. The normalized spacial score (nSPS) is 19.1. The third-order valence-corrected chi connectivity index (χ3v) is 6.36. The third kappa shape index (κ3) is 2.80. The van der Waals surface area contributed by atoms with Crippen molar-refractivity contribution in [2.75, 3.05) is 5.32 Å². The smallest absolute Gasteiger partial charge is 0.363 e. The van der Waals surface area contributed by atoms with Gasteiger partial charge in [-0.05, 0) is 11.4 Å². The number of aromatic nitrogens is 8. The summed E-state index contributed by atoms with van der Waals surface area (Å²) in [6, 6.07) is 3.03. The number of nitrogens with one attached hydrogen (secondary N) is 1. The highest BCUT2D eigenvalue weighted by atomic mass is 32.1. The Labute approximate surface area is 176 Å². The Kier molecular flexibility index (Phi) is 3.70. The molecule has 1 N–H and O–H groups in total. The fraction of sp³-hybridized carbons (Fsp3) is 0.278. The summed E-state index contributed by atoms with van der Waals surface area (Å²) in [6.07, 6.45) is -1.46. The highest BCUT2D eigenvalue weighted by Crippen LogP contribution is 2.45. The Balaban J connectivity index is 1.46. The average Bonchev–Trinajstić information content (AvgIpc) is 3.50. The molecule has 0 spiro atoms. The fourth-order valence-electron chi connectivity index (χ4n) is 3.91. The minimum atomic E-state index is -4.44. The molecule has 0 aliphatic carbocycles. The molecule has 6 heterocycles. The molecule has 0 aromatic carbocycles. The standard InChI is InChI=1S/C18H14F3N9S/c1-28-16-9(7-23-28)17-25-15(27-29(17)8-22-16)11-6-14-24-10(12-3-2-4-31-12)5-13(18(19,20)21)30(14)26-11/h2-4,6-8,10,13,24H,5H2,1H3/t10-,13+/m1/s1. The molecule has 1 aliphatic heterocycles. The van der Waals surface area contributed by atoms with Crippen LogP contribution in [-0.2, 0) is 7.05 Å². The quantitative estimate of drug-likeness (QED) is 0.447. The molecule has 158 valence electrons. The Bertz CT molecular complexity index is 1410. The first-order valence-electron chi connectivity index (χ1n) is 9.38. The number of hydrogen-bond donors (Lipinski definition) is 1. The zero-order valence-electron chi connectivity index (χ0n) is 15.9. The van der Waals surface area contributed by atoms with Crippen molar-refractivity contribution in [1.29, 1.82) is 0 Å². The highest BCUT2D eigenvalue weighted by molar-refractivity contribution is 7.10. The van der Waals surface area contributed by atoms with Crippen molar-refractivity contribution < 1.29 is 13.2 Å². The van der Waals surface area contributed by atoms with E-state index in [4.69, 9.17) is 0 Å². The molecule has 0 amide bonds. The molecule has 9 nitrogen and oxygen atoms in total. The minimum Gasteiger partial charge on any atom is -0.363 e. The molecule has 5 aromatic heterocycles. The van der Waals surface area contributed by atoms with E-state index in [1.165, 1.54) is 22.2 Å². The van der Waals surface area contributed by atoms with E-state index in [2.05, 4.69) is 30.6 Å². The molecular weight excluding hydrogens is 431 g/mol. The van der Waals surface area contributed by atoms with E-state index in [9.17, 15) is 13.2 Å². The van der Waals surface area contributed by atoms with E-state index in [-0.39, 0.29) is 23.8 Å². The van der Waals surface area contributed by atoms with Crippen molar-refractivity contribution >= 4 is 33.8 Å². The predicted octanol–water partition coefficient (Wildman–Crippen LogP) is 3.60. The number of aryl methyl sites for hydroxylation is 1. The summed E-state index contributed by atoms with van der Waals surface area (Å²) in [7, 11) is 1.76. The van der Waals surface area contributed by atoms with Gasteiger partial charge in [-0.3, -0.25) is 4.68 Å². The molecule has 0 bridgehead atoms. The lowest BCUT2D eigenvalue weighted by Gasteiger charge is -2.32. The van der Waals surface area contributed by atoms with Crippen LogP contribution in [0.15, 0.2) is 36.1 Å². The fourth-order valence-corrected chi connectivity index (χ4v) is 4.70. The first-order chi connectivity index (χ1) is 14.9. The average molecular weight is 445 g/mol. The van der Waals surface area contributed by atoms with Gasteiger partial charge in [-0.2, -0.15) is 23.4 Å². The van der Waals surface area contributed by atoms with Crippen LogP contribution < -0.4 is 5.32 Å². The molecule has 5 aromatic rings. The summed E-state index contributed by atoms with van der Waals surface area (Å²) in [5.74, 6) is 0.501. The number of hydrogen-bond acceptors (Lipinski definition) is 7. The number of alkyl halides is 3. The van der Waals surface area contributed by atoms with Gasteiger partial charge in [0.15, 0.2) is 17.3 Å². The van der Waals surface area contributed by atoms with Gasteiger partial charge < -0.3 is 5.32 Å². The molecule has 0 saturated carbocycles. The van der Waals surface area contributed by atoms with Crippen molar-refractivity contribution in [3.05, 3.63) is 41.0 Å². The number of nitrogens with zero attached hydrogens (tertiary/aromatic N) is 8. The lowest BCUT2D eigenvalue weighted by Crippen LogP contribution is -2.35. The van der Waals surface area contributed by atoms with Gasteiger partial charge in [-0.1, -0.05) is 6.07 Å². The van der Waals surface area contributed by atoms with E-state index < -0.39 is 18.3 Å². The van der Waals surface area contributed by atoms with Crippen molar-refractivity contribution in [2.45, 2.75) is 24.7 Å². The van der Waals surface area contributed by atoms with Gasteiger partial charge in [0.25, 0.3) is 0 Å². The number of rotatable bonds is 2. The van der Waals surface area contributed by atoms with Crippen molar-refractivity contribution in [2.24, 2.45) is 7.05 Å². The summed E-state index contributed by atoms with van der Waals surface area (Å²) < 4.78 is 45.6. The van der Waals surface area contributed by atoms with E-state index in [0.717, 1.165) is 9.56 Å². The van der Waals surface area contributed by atoms with E-state index in [0.29, 0.717) is 16.7 Å². The summed E-state index contributed by atoms with van der Waals surface area (Å²) in [4.78, 5) is 9.65. The van der Waals surface area contributed by atoms with Gasteiger partial charge in [0.1, 0.15) is 17.8 Å². The number of thiophene rings is 1. The van der Waals surface area contributed by atoms with Crippen LogP contribution in [0.25, 0.3) is 28.2 Å². The third-order valence-electron chi connectivity index (χ3n) is 5.37. The van der Waals surface area contributed by atoms with E-state index in [1.54, 1.807) is 24.0 Å². The summed E-state index contributed by atoms with van der Waals surface area (Å²) in [6.45, 7) is 0. The molecule has 13 heteroatoms. The van der Waals surface area contributed by atoms with Crippen LogP contribution in [-0.4, -0.2) is 45.3 Å². The summed E-state index contributed by atoms with van der Waals surface area (Å²) in [5.41, 5.74) is 1.40. The number of fused-ring (bicyclic) bond motifs is 4. The molecule has 31 heavy (non-hydrogen) atoms. The molecule has 0 fully saturated rings. The highest BCUT2D eigenvalue weighted by Gasteiger charge is 2.47. The predicted molar refractivity (Wildman–Crippen MR) is 107 cm³/mol. The Morgan fingerprint density at radius 3 is 2.87 bits per heavy atom. The molecular formula is C18H14F3N9S. The van der Waals surface area contributed by atoms with Crippen LogP contribution in [0.1, 0.15) is 23.4 Å². The van der Waals surface area contributed by atoms with Gasteiger partial charge in [-0.25, -0.2) is 19.2 Å². The lowest BCUT2D eigenvalue weighted by molar-refractivity contribution is -0.173. The van der Waals surface area contributed by atoms with Crippen molar-refractivity contribution in [1.82, 2.24) is 39.1 Å². The topological polar surface area (TPSA) is 90.8 Å². The van der Waals surface area contributed by atoms with E-state index >= 15 is 0 Å². The minimum absolute atomic E-state index is 0.142. The number of anilines is 1. The van der Waals surface area contributed by atoms with Crippen LogP contribution in [0.3, 0.4) is 0 Å². The van der Waals surface area contributed by atoms with E-state index in [1.807, 2.05) is 17.5 Å². The second-order valence-corrected chi connectivity index (χ2v) is 8.30. The maximum atomic E-state index is 13.9. The van der Waals surface area contributed by atoms with Crippen molar-refractivity contribution in [3.8, 4) is 11.5 Å². The van der Waals surface area contributed by atoms with Crippen molar-refractivity contribution in [3.63, 3.8) is 0 Å². The van der Waals surface area contributed by atoms with Gasteiger partial charge >= 0.3 is 6.18 Å². The maximum Gasteiger partial charge on any atom is 0.410 e. The summed E-state index contributed by atoms with van der Waals surface area (Å²) in [5, 5.41) is 18.5. The Hall–Kier alpha value is -3.48. The lowest BCUT2D eigenvalue weighted by atomic mass is 10.0. The monoisotopic (exact) mass is 445 g/mol. The summed E-state index contributed by atoms with van der Waals surface area (Å²) >= 11 is 1.42. The molecule has 0 radical (unpaired) electrons. The van der Waals surface area contributed by atoms with Gasteiger partial charge in [0, 0.05) is 24.4 Å². The Morgan fingerprint density at radius 1 is 1.23 bits per heavy atom. The molecule has 0 unspecified atom stereocenters. The SMILES string of the molecule is Cn1ncc2c1ncn1nc(-c3cc4n(n3)[C@H](C(F)(F)F)C[C@H](c3cccs3)N4)nc21. The van der Waals surface area contributed by atoms with Crippen LogP contribution >= 0.6 is 11.3 Å². The number of halogens is 3. The van der Waals surface area contributed by atoms with Crippen LogP contribution in [0, 0.1) is 0 Å². The zero-order valence-corrected chi connectivity index (χ0v) is 16.8.